The molecule has 10 heteroatoms. The van der Waals surface area contributed by atoms with Crippen molar-refractivity contribution in [1.82, 2.24) is 14.1 Å². The van der Waals surface area contributed by atoms with E-state index in [0.717, 1.165) is 10.5 Å². The summed E-state index contributed by atoms with van der Waals surface area (Å²) in [5.41, 5.74) is 0.00329. The number of aryl methyl sites for hydroxylation is 1. The molecule has 1 atom stereocenters. The van der Waals surface area contributed by atoms with E-state index >= 15 is 0 Å². The van der Waals surface area contributed by atoms with Crippen LogP contribution < -0.4 is 0 Å². The van der Waals surface area contributed by atoms with Gasteiger partial charge in [-0.2, -0.15) is 18.2 Å². The molecule has 23 heavy (non-hydrogen) atoms. The molecule has 1 aromatic heterocycles. The van der Waals surface area contributed by atoms with Crippen LogP contribution in [-0.4, -0.2) is 48.2 Å². The number of esters is 1. The van der Waals surface area contributed by atoms with Gasteiger partial charge in [-0.15, -0.1) is 0 Å². The number of sulfonamides is 1. The maximum atomic E-state index is 12.7. The summed E-state index contributed by atoms with van der Waals surface area (Å²) in [5.74, 6) is -0.976. The normalized spacial score (nSPS) is 20.0. The fourth-order valence-electron chi connectivity index (χ4n) is 2.57. The molecule has 0 N–H and O–H groups in total. The molecule has 0 spiro atoms. The highest BCUT2D eigenvalue weighted by Gasteiger charge is 2.35. The van der Waals surface area contributed by atoms with Crippen molar-refractivity contribution in [3.05, 3.63) is 11.9 Å². The molecule has 1 aliphatic heterocycles. The highest BCUT2D eigenvalue weighted by molar-refractivity contribution is 7.89. The van der Waals surface area contributed by atoms with Gasteiger partial charge in [-0.1, -0.05) is 0 Å². The van der Waals surface area contributed by atoms with Crippen molar-refractivity contribution >= 4 is 16.0 Å². The Hall–Kier alpha value is -1.55. The number of hydrogen-bond acceptors (Lipinski definition) is 5. The Balaban J connectivity index is 2.23. The molecule has 0 amide bonds. The van der Waals surface area contributed by atoms with E-state index in [2.05, 4.69) is 5.10 Å². The second-order valence-corrected chi connectivity index (χ2v) is 7.20. The van der Waals surface area contributed by atoms with E-state index in [1.54, 1.807) is 6.92 Å². The van der Waals surface area contributed by atoms with Crippen molar-refractivity contribution in [3.8, 4) is 0 Å². The first-order valence-electron chi connectivity index (χ1n) is 7.28. The Morgan fingerprint density at radius 2 is 2.22 bits per heavy atom. The zero-order chi connectivity index (χ0) is 17.2. The zero-order valence-corrected chi connectivity index (χ0v) is 13.7. The molecule has 1 aliphatic rings. The van der Waals surface area contributed by atoms with Crippen LogP contribution in [0.4, 0.5) is 8.78 Å². The van der Waals surface area contributed by atoms with Crippen LogP contribution in [-0.2, 0) is 19.6 Å². The maximum Gasteiger partial charge on any atom is 0.333 e. The molecule has 0 aromatic carbocycles. The lowest BCUT2D eigenvalue weighted by molar-refractivity contribution is -0.149. The fraction of sp³-hybridized carbons (Fsp3) is 0.692. The van der Waals surface area contributed by atoms with Crippen LogP contribution in [0.15, 0.2) is 11.1 Å². The van der Waals surface area contributed by atoms with Gasteiger partial charge in [0, 0.05) is 13.1 Å². The Morgan fingerprint density at radius 3 is 2.78 bits per heavy atom. The van der Waals surface area contributed by atoms with Gasteiger partial charge in [0.25, 0.3) is 0 Å². The van der Waals surface area contributed by atoms with Crippen LogP contribution in [0.3, 0.4) is 0 Å². The summed E-state index contributed by atoms with van der Waals surface area (Å²) in [7, 11) is -3.98. The molecular formula is C13H19F2N3O4S. The molecule has 130 valence electrons. The summed E-state index contributed by atoms with van der Waals surface area (Å²) < 4.78 is 57.0. The van der Waals surface area contributed by atoms with E-state index in [1.807, 2.05) is 0 Å². The van der Waals surface area contributed by atoms with E-state index in [1.165, 1.54) is 6.92 Å². The van der Waals surface area contributed by atoms with Gasteiger partial charge in [0.15, 0.2) is 0 Å². The first kappa shape index (κ1) is 17.8. The monoisotopic (exact) mass is 351 g/mol. The Labute approximate surface area is 133 Å². The van der Waals surface area contributed by atoms with Crippen molar-refractivity contribution in [2.45, 2.75) is 38.1 Å². The molecule has 0 radical (unpaired) electrons. The number of carbonyl (C=O) groups excluding carboxylic acids is 1. The highest BCUT2D eigenvalue weighted by atomic mass is 32.2. The lowest BCUT2D eigenvalue weighted by atomic mass is 10.0. The SMILES string of the molecule is CCOC(=O)[C@@H]1CCCN(S(=O)(=O)c2cn(C(F)F)nc2C)C1. The molecular weight excluding hydrogens is 332 g/mol. The van der Waals surface area contributed by atoms with Gasteiger partial charge in [0.05, 0.1) is 24.4 Å². The van der Waals surface area contributed by atoms with E-state index in [9.17, 15) is 22.0 Å². The average Bonchev–Trinajstić information content (AvgIpc) is 2.90. The molecule has 0 unspecified atom stereocenters. The number of aromatic nitrogens is 2. The Kier molecular flexibility index (Phi) is 5.35. The first-order valence-corrected chi connectivity index (χ1v) is 8.72. The van der Waals surface area contributed by atoms with Crippen molar-refractivity contribution in [2.24, 2.45) is 5.92 Å². The molecule has 1 aromatic rings. The minimum Gasteiger partial charge on any atom is -0.466 e. The van der Waals surface area contributed by atoms with Gasteiger partial charge < -0.3 is 4.74 Å². The largest absolute Gasteiger partial charge is 0.466 e. The predicted molar refractivity (Wildman–Crippen MR) is 76.3 cm³/mol. The minimum absolute atomic E-state index is 0.00329. The number of rotatable bonds is 5. The molecule has 2 heterocycles. The molecule has 0 bridgehead atoms. The van der Waals surface area contributed by atoms with Gasteiger partial charge in [-0.05, 0) is 26.7 Å². The molecule has 2 rings (SSSR count). The second kappa shape index (κ2) is 6.91. The molecule has 1 saturated heterocycles. The lowest BCUT2D eigenvalue weighted by Crippen LogP contribution is -2.42. The third-order valence-electron chi connectivity index (χ3n) is 3.69. The summed E-state index contributed by atoms with van der Waals surface area (Å²) in [4.78, 5) is 11.5. The number of carbonyl (C=O) groups is 1. The third-order valence-corrected chi connectivity index (χ3v) is 5.66. The van der Waals surface area contributed by atoms with Crippen LogP contribution in [0.5, 0.6) is 0 Å². The van der Waals surface area contributed by atoms with Gasteiger partial charge in [-0.25, -0.2) is 13.1 Å². The van der Waals surface area contributed by atoms with E-state index in [4.69, 9.17) is 4.74 Å². The summed E-state index contributed by atoms with van der Waals surface area (Å²) in [6.07, 6.45) is 1.87. The predicted octanol–water partition coefficient (Wildman–Crippen LogP) is 1.55. The molecule has 1 fully saturated rings. The fourth-order valence-corrected chi connectivity index (χ4v) is 4.25. The van der Waals surface area contributed by atoms with Gasteiger partial charge >= 0.3 is 12.5 Å². The Morgan fingerprint density at radius 1 is 1.52 bits per heavy atom. The van der Waals surface area contributed by atoms with Gasteiger partial charge in [0.1, 0.15) is 4.90 Å². The number of ether oxygens (including phenoxy) is 1. The van der Waals surface area contributed by atoms with E-state index in [-0.39, 0.29) is 30.3 Å². The third kappa shape index (κ3) is 3.69. The topological polar surface area (TPSA) is 81.5 Å². The van der Waals surface area contributed by atoms with E-state index < -0.39 is 28.5 Å². The first-order chi connectivity index (χ1) is 10.8. The minimum atomic E-state index is -3.98. The summed E-state index contributed by atoms with van der Waals surface area (Å²) in [5, 5.41) is 3.52. The zero-order valence-electron chi connectivity index (χ0n) is 12.9. The van der Waals surface area contributed by atoms with Gasteiger partial charge in [-0.3, -0.25) is 4.79 Å². The number of halogens is 2. The second-order valence-electron chi connectivity index (χ2n) is 5.29. The van der Waals surface area contributed by atoms with Crippen molar-refractivity contribution in [1.29, 1.82) is 0 Å². The van der Waals surface area contributed by atoms with Crippen LogP contribution in [0.25, 0.3) is 0 Å². The van der Waals surface area contributed by atoms with E-state index in [0.29, 0.717) is 17.5 Å². The molecule has 7 nitrogen and oxygen atoms in total. The summed E-state index contributed by atoms with van der Waals surface area (Å²) in [6.45, 7) is 0.572. The van der Waals surface area contributed by atoms with Crippen LogP contribution >= 0.6 is 0 Å². The smallest absolute Gasteiger partial charge is 0.333 e. The lowest BCUT2D eigenvalue weighted by Gasteiger charge is -2.30. The number of hydrogen-bond donors (Lipinski definition) is 0. The van der Waals surface area contributed by atoms with Crippen molar-refractivity contribution in [2.75, 3.05) is 19.7 Å². The maximum absolute atomic E-state index is 12.7. The van der Waals surface area contributed by atoms with Crippen LogP contribution in [0.1, 0.15) is 32.0 Å². The van der Waals surface area contributed by atoms with Crippen molar-refractivity contribution < 1.29 is 26.7 Å². The Bertz CT molecular complexity index is 675. The summed E-state index contributed by atoms with van der Waals surface area (Å²) >= 11 is 0. The summed E-state index contributed by atoms with van der Waals surface area (Å²) in [6, 6.07) is 0. The average molecular weight is 351 g/mol. The highest BCUT2D eigenvalue weighted by Crippen LogP contribution is 2.27. The molecule has 0 aliphatic carbocycles. The number of alkyl halides is 2. The van der Waals surface area contributed by atoms with Gasteiger partial charge in [0.2, 0.25) is 10.0 Å². The quantitative estimate of drug-likeness (QED) is 0.752. The standard InChI is InChI=1S/C13H19F2N3O4S/c1-3-22-12(19)10-5-4-6-17(7-10)23(20,21)11-8-18(13(14)15)16-9(11)2/h8,10,13H,3-7H2,1-2H3/t10-/m1/s1. The van der Waals surface area contributed by atoms with Crippen molar-refractivity contribution in [3.63, 3.8) is 0 Å². The van der Waals surface area contributed by atoms with Crippen LogP contribution in [0, 0.1) is 12.8 Å². The molecule has 0 saturated carbocycles. The number of nitrogens with zero attached hydrogens (tertiary/aromatic N) is 3. The number of piperidine rings is 1. The van der Waals surface area contributed by atoms with Crippen LogP contribution in [0.2, 0.25) is 0 Å².